The minimum atomic E-state index is 0.535. The molecule has 0 amide bonds. The van der Waals surface area contributed by atoms with Crippen LogP contribution in [-0.2, 0) is 0 Å². The first-order valence-corrected chi connectivity index (χ1v) is 8.44. The number of allylic oxidation sites excluding steroid dienone is 2. The van der Waals surface area contributed by atoms with E-state index in [2.05, 4.69) is 11.0 Å². The van der Waals surface area contributed by atoms with Crippen molar-refractivity contribution in [2.24, 2.45) is 0 Å². The van der Waals surface area contributed by atoms with Crippen LogP contribution < -0.4 is 4.90 Å². The number of hydrogen-bond acceptors (Lipinski definition) is 4. The van der Waals surface area contributed by atoms with Gasteiger partial charge in [-0.25, -0.2) is 0 Å². The Morgan fingerprint density at radius 3 is 2.26 bits per heavy atom. The molecular weight excluding hydrogens is 320 g/mol. The molecule has 0 N–H and O–H groups in total. The predicted octanol–water partition coefficient (Wildman–Crippen LogP) is 5.25. The Morgan fingerprint density at radius 1 is 1.04 bits per heavy atom. The Hall–Kier alpha value is -2.35. The molecule has 0 atom stereocenters. The summed E-state index contributed by atoms with van der Waals surface area (Å²) in [6.07, 6.45) is 0. The number of benzene rings is 2. The number of nitrogens with zero attached hydrogens (tertiary/aromatic N) is 2. The smallest absolute Gasteiger partial charge is 0.103 e. The molecule has 2 nitrogen and oxygen atoms in total. The van der Waals surface area contributed by atoms with Gasteiger partial charge in [0, 0.05) is 11.4 Å². The highest BCUT2D eigenvalue weighted by molar-refractivity contribution is 8.06. The molecule has 0 aromatic heterocycles. The van der Waals surface area contributed by atoms with Crippen LogP contribution in [0.15, 0.2) is 82.4 Å². The molecule has 1 heterocycles. The van der Waals surface area contributed by atoms with Crippen LogP contribution in [0, 0.1) is 11.3 Å². The maximum Gasteiger partial charge on any atom is 0.103 e. The Balaban J connectivity index is 2.08. The van der Waals surface area contributed by atoms with E-state index >= 15 is 0 Å². The van der Waals surface area contributed by atoms with Gasteiger partial charge in [0.05, 0.1) is 4.86 Å². The molecule has 0 aliphatic carbocycles. The lowest BCUT2D eigenvalue weighted by atomic mass is 10.1. The third kappa shape index (κ3) is 3.07. The van der Waals surface area contributed by atoms with Crippen molar-refractivity contribution in [2.75, 3.05) is 4.90 Å². The zero-order valence-corrected chi connectivity index (χ0v) is 14.2. The summed E-state index contributed by atoms with van der Waals surface area (Å²) in [5, 5.41) is 12.6. The second-order valence-corrected chi connectivity index (χ2v) is 6.30. The fraction of sp³-hybridized carbons (Fsp3) is 0.0526. The molecule has 2 aromatic carbocycles. The van der Waals surface area contributed by atoms with Crippen LogP contribution in [0.5, 0.6) is 0 Å². The van der Waals surface area contributed by atoms with Crippen molar-refractivity contribution >= 4 is 34.5 Å². The van der Waals surface area contributed by atoms with Crippen LogP contribution in [0.2, 0.25) is 0 Å². The summed E-state index contributed by atoms with van der Waals surface area (Å²) in [4.78, 5) is 2.66. The molecule has 4 heteroatoms. The Morgan fingerprint density at radius 2 is 1.65 bits per heavy atom. The number of thioether (sulfide) groups is 1. The van der Waals surface area contributed by atoms with Crippen molar-refractivity contribution in [3.05, 3.63) is 87.9 Å². The number of para-hydroxylation sites is 1. The highest BCUT2D eigenvalue weighted by Crippen LogP contribution is 2.40. The van der Waals surface area contributed by atoms with Crippen molar-refractivity contribution in [1.29, 1.82) is 5.26 Å². The summed E-state index contributed by atoms with van der Waals surface area (Å²) in [5.74, 6) is 0. The first-order valence-electron chi connectivity index (χ1n) is 7.15. The van der Waals surface area contributed by atoms with Crippen molar-refractivity contribution < 1.29 is 0 Å². The van der Waals surface area contributed by atoms with E-state index in [1.165, 1.54) is 0 Å². The van der Waals surface area contributed by atoms with Crippen LogP contribution in [0.4, 0.5) is 5.69 Å². The summed E-state index contributed by atoms with van der Waals surface area (Å²) in [5.41, 5.74) is 3.54. The maximum atomic E-state index is 9.71. The predicted molar refractivity (Wildman–Crippen MR) is 101 cm³/mol. The Labute approximate surface area is 145 Å². The van der Waals surface area contributed by atoms with Gasteiger partial charge in [-0.1, -0.05) is 72.5 Å². The molecule has 1 aliphatic rings. The zero-order valence-electron chi connectivity index (χ0n) is 12.6. The zero-order chi connectivity index (χ0) is 16.2. The number of rotatable bonds is 3. The Kier molecular flexibility index (Phi) is 4.61. The molecule has 23 heavy (non-hydrogen) atoms. The van der Waals surface area contributed by atoms with Gasteiger partial charge in [-0.05, 0) is 30.0 Å². The van der Waals surface area contributed by atoms with E-state index < -0.39 is 0 Å². The van der Waals surface area contributed by atoms with E-state index in [4.69, 9.17) is 12.2 Å². The molecular formula is C19H14N2S2. The van der Waals surface area contributed by atoms with Gasteiger partial charge < -0.3 is 4.90 Å². The van der Waals surface area contributed by atoms with Gasteiger partial charge in [0.25, 0.3) is 0 Å². The van der Waals surface area contributed by atoms with E-state index in [1.54, 1.807) is 11.8 Å². The fourth-order valence-corrected chi connectivity index (χ4v) is 3.76. The van der Waals surface area contributed by atoms with E-state index in [9.17, 15) is 5.26 Å². The normalized spacial score (nSPS) is 15.8. The van der Waals surface area contributed by atoms with Crippen LogP contribution in [0.25, 0.3) is 0 Å². The highest BCUT2D eigenvalue weighted by atomic mass is 32.2. The van der Waals surface area contributed by atoms with Crippen molar-refractivity contribution in [1.82, 2.24) is 0 Å². The van der Waals surface area contributed by atoms with Crippen LogP contribution in [0.1, 0.15) is 12.5 Å². The minimum Gasteiger partial charge on any atom is -0.307 e. The van der Waals surface area contributed by atoms with E-state index in [0.717, 1.165) is 22.0 Å². The summed E-state index contributed by atoms with van der Waals surface area (Å²) < 4.78 is 0. The number of hydrogen-bond donors (Lipinski definition) is 0. The van der Waals surface area contributed by atoms with Crippen LogP contribution in [-0.4, -0.2) is 4.86 Å². The highest BCUT2D eigenvalue weighted by Gasteiger charge is 2.25. The third-order valence-electron chi connectivity index (χ3n) is 3.50. The second kappa shape index (κ2) is 6.82. The summed E-state index contributed by atoms with van der Waals surface area (Å²) in [7, 11) is 0. The maximum absolute atomic E-state index is 9.71. The van der Waals surface area contributed by atoms with E-state index in [0.29, 0.717) is 10.4 Å². The lowest BCUT2D eigenvalue weighted by molar-refractivity contribution is 1.15. The number of nitriles is 1. The lowest BCUT2D eigenvalue weighted by Crippen LogP contribution is -2.18. The standard InChI is InChI=1S/C19H14N2S2/c1-14-13-23-19(21(14)16-10-6-3-7-11-16)17(12-20)18(22)15-8-4-2-5-9-15/h2-11,13H,1H3/b19-17-. The van der Waals surface area contributed by atoms with Crippen LogP contribution >= 0.6 is 24.0 Å². The molecule has 0 saturated carbocycles. The van der Waals surface area contributed by atoms with E-state index in [-0.39, 0.29) is 0 Å². The molecule has 0 fully saturated rings. The van der Waals surface area contributed by atoms with Gasteiger partial charge in [0.2, 0.25) is 0 Å². The molecule has 112 valence electrons. The van der Waals surface area contributed by atoms with Gasteiger partial charge in [0.1, 0.15) is 16.7 Å². The van der Waals surface area contributed by atoms with Gasteiger partial charge in [-0.15, -0.1) is 0 Å². The van der Waals surface area contributed by atoms with Gasteiger partial charge in [-0.2, -0.15) is 5.26 Å². The van der Waals surface area contributed by atoms with Crippen molar-refractivity contribution in [3.8, 4) is 6.07 Å². The first-order chi connectivity index (χ1) is 11.2. The molecule has 3 rings (SSSR count). The van der Waals surface area contributed by atoms with Gasteiger partial charge in [0.15, 0.2) is 0 Å². The fourth-order valence-electron chi connectivity index (χ4n) is 2.40. The molecule has 0 spiro atoms. The topological polar surface area (TPSA) is 27.0 Å². The van der Waals surface area contributed by atoms with Gasteiger partial charge in [-0.3, -0.25) is 0 Å². The molecule has 2 aromatic rings. The first kappa shape index (κ1) is 15.5. The Bertz CT molecular complexity index is 831. The third-order valence-corrected chi connectivity index (χ3v) is 5.01. The lowest BCUT2D eigenvalue weighted by Gasteiger charge is -2.23. The summed E-state index contributed by atoms with van der Waals surface area (Å²) >= 11 is 7.12. The number of thiocarbonyl (C=S) groups is 1. The molecule has 0 saturated heterocycles. The summed E-state index contributed by atoms with van der Waals surface area (Å²) in [6, 6.07) is 22.0. The SMILES string of the molecule is CC1=CS/C(=C(/C#N)C(=S)c2ccccc2)N1c1ccccc1. The average molecular weight is 334 g/mol. The molecule has 0 radical (unpaired) electrons. The number of anilines is 1. The monoisotopic (exact) mass is 334 g/mol. The quantitative estimate of drug-likeness (QED) is 0.331. The van der Waals surface area contributed by atoms with Crippen molar-refractivity contribution in [2.45, 2.75) is 6.92 Å². The average Bonchev–Trinajstić information content (AvgIpc) is 2.98. The van der Waals surface area contributed by atoms with Crippen molar-refractivity contribution in [3.63, 3.8) is 0 Å². The van der Waals surface area contributed by atoms with Gasteiger partial charge >= 0.3 is 0 Å². The van der Waals surface area contributed by atoms with E-state index in [1.807, 2.05) is 73.0 Å². The summed E-state index contributed by atoms with van der Waals surface area (Å²) in [6.45, 7) is 2.04. The second-order valence-electron chi connectivity index (χ2n) is 5.04. The van der Waals surface area contributed by atoms with Crippen LogP contribution in [0.3, 0.4) is 0 Å². The molecule has 0 unspecified atom stereocenters. The minimum absolute atomic E-state index is 0.535. The largest absolute Gasteiger partial charge is 0.307 e. The molecule has 1 aliphatic heterocycles. The molecule has 0 bridgehead atoms.